The summed E-state index contributed by atoms with van der Waals surface area (Å²) in [5, 5.41) is 17.5. The Labute approximate surface area is 81.1 Å². The Morgan fingerprint density at radius 3 is 3.21 bits per heavy atom. The number of carbonyl (C=O) groups is 1. The summed E-state index contributed by atoms with van der Waals surface area (Å²) in [6, 6.07) is 1.94. The summed E-state index contributed by atoms with van der Waals surface area (Å²) >= 11 is 0. The van der Waals surface area contributed by atoms with Gasteiger partial charge < -0.3 is 5.32 Å². The van der Waals surface area contributed by atoms with Gasteiger partial charge in [0.2, 0.25) is 5.91 Å². The van der Waals surface area contributed by atoms with E-state index < -0.39 is 0 Å². The molecule has 1 aromatic rings. The number of carbonyl (C=O) groups excluding carboxylic acids is 1. The summed E-state index contributed by atoms with van der Waals surface area (Å²) in [7, 11) is 0. The zero-order valence-corrected chi connectivity index (χ0v) is 7.58. The van der Waals surface area contributed by atoms with Crippen LogP contribution in [0.5, 0.6) is 0 Å². The molecule has 5 heteroatoms. The van der Waals surface area contributed by atoms with Crippen LogP contribution in [0.25, 0.3) is 0 Å². The summed E-state index contributed by atoms with van der Waals surface area (Å²) in [6.07, 6.45) is 4.22. The Morgan fingerprint density at radius 2 is 2.57 bits per heavy atom. The molecule has 2 N–H and O–H groups in total. The second-order valence-electron chi connectivity index (χ2n) is 3.47. The fourth-order valence-electron chi connectivity index (χ4n) is 1.24. The first-order valence-electron chi connectivity index (χ1n) is 4.53. The number of hydrogen-bond acceptors (Lipinski definition) is 3. The number of anilines is 1. The van der Waals surface area contributed by atoms with Crippen LogP contribution in [0.2, 0.25) is 0 Å². The lowest BCUT2D eigenvalue weighted by atomic mass is 10.3. The molecule has 1 amide bonds. The maximum Gasteiger partial charge on any atom is 0.225 e. The van der Waals surface area contributed by atoms with E-state index in [2.05, 4.69) is 15.5 Å². The van der Waals surface area contributed by atoms with Gasteiger partial charge in [-0.2, -0.15) is 10.4 Å². The second kappa shape index (κ2) is 3.50. The highest BCUT2D eigenvalue weighted by Gasteiger charge is 2.24. The Bertz CT molecular complexity index is 386. The van der Waals surface area contributed by atoms with Crippen molar-refractivity contribution in [2.75, 3.05) is 5.32 Å². The van der Waals surface area contributed by atoms with Gasteiger partial charge in [-0.1, -0.05) is 0 Å². The smallest absolute Gasteiger partial charge is 0.225 e. The zero-order valence-electron chi connectivity index (χ0n) is 7.58. The van der Waals surface area contributed by atoms with Crippen LogP contribution in [0.4, 0.5) is 5.82 Å². The average Bonchev–Trinajstić information content (AvgIpc) is 2.84. The summed E-state index contributed by atoms with van der Waals surface area (Å²) in [4.78, 5) is 11.4. The molecule has 14 heavy (non-hydrogen) atoms. The predicted molar refractivity (Wildman–Crippen MR) is 49.3 cm³/mol. The molecule has 0 saturated heterocycles. The number of H-pyrrole nitrogens is 1. The molecule has 5 nitrogen and oxygen atoms in total. The van der Waals surface area contributed by atoms with Crippen LogP contribution in [-0.4, -0.2) is 16.1 Å². The molecule has 1 fully saturated rings. The van der Waals surface area contributed by atoms with Gasteiger partial charge in [-0.3, -0.25) is 9.89 Å². The van der Waals surface area contributed by atoms with E-state index in [4.69, 9.17) is 5.26 Å². The van der Waals surface area contributed by atoms with Crippen molar-refractivity contribution in [3.8, 4) is 6.07 Å². The number of rotatable bonds is 3. The summed E-state index contributed by atoms with van der Waals surface area (Å²) in [6.45, 7) is 0. The minimum Gasteiger partial charge on any atom is -0.310 e. The molecule has 0 aliphatic heterocycles. The maximum atomic E-state index is 11.4. The molecule has 0 bridgehead atoms. The molecular weight excluding hydrogens is 180 g/mol. The quantitative estimate of drug-likeness (QED) is 0.746. The van der Waals surface area contributed by atoms with E-state index >= 15 is 0 Å². The molecule has 0 atom stereocenters. The third kappa shape index (κ3) is 1.91. The molecule has 0 spiro atoms. The SMILES string of the molecule is N#Cc1cn[nH]c1NC(=O)CC1CC1. The van der Waals surface area contributed by atoms with Crippen molar-refractivity contribution in [2.24, 2.45) is 5.92 Å². The van der Waals surface area contributed by atoms with Gasteiger partial charge in [0.25, 0.3) is 0 Å². The Kier molecular flexibility index (Phi) is 2.19. The molecular formula is C9H10N4O. The third-order valence-corrected chi connectivity index (χ3v) is 2.20. The average molecular weight is 190 g/mol. The molecule has 1 heterocycles. The van der Waals surface area contributed by atoms with E-state index in [1.807, 2.05) is 6.07 Å². The first-order valence-corrected chi connectivity index (χ1v) is 4.53. The number of nitriles is 1. The molecule has 1 aromatic heterocycles. The van der Waals surface area contributed by atoms with E-state index in [0.29, 0.717) is 23.7 Å². The number of nitrogens with zero attached hydrogens (tertiary/aromatic N) is 2. The Hall–Kier alpha value is -1.83. The van der Waals surface area contributed by atoms with Crippen LogP contribution in [0.3, 0.4) is 0 Å². The highest BCUT2D eigenvalue weighted by atomic mass is 16.1. The van der Waals surface area contributed by atoms with Crippen molar-refractivity contribution in [2.45, 2.75) is 19.3 Å². The molecule has 72 valence electrons. The highest BCUT2D eigenvalue weighted by Crippen LogP contribution is 2.32. The van der Waals surface area contributed by atoms with E-state index in [1.54, 1.807) is 0 Å². The standard InChI is InChI=1S/C9H10N4O/c10-4-7-5-11-13-9(7)12-8(14)3-6-1-2-6/h5-6H,1-3H2,(H2,11,12,13,14). The number of amides is 1. The van der Waals surface area contributed by atoms with Crippen LogP contribution in [0.15, 0.2) is 6.20 Å². The molecule has 1 saturated carbocycles. The summed E-state index contributed by atoms with van der Waals surface area (Å²) in [5.41, 5.74) is 0.370. The van der Waals surface area contributed by atoms with Gasteiger partial charge in [0, 0.05) is 6.42 Å². The van der Waals surface area contributed by atoms with Crippen molar-refractivity contribution in [3.63, 3.8) is 0 Å². The normalized spacial score (nSPS) is 14.8. The lowest BCUT2D eigenvalue weighted by Crippen LogP contribution is -2.13. The number of aromatic amines is 1. The van der Waals surface area contributed by atoms with Crippen molar-refractivity contribution in [1.29, 1.82) is 5.26 Å². The third-order valence-electron chi connectivity index (χ3n) is 2.20. The van der Waals surface area contributed by atoms with E-state index in [0.717, 1.165) is 12.8 Å². The summed E-state index contributed by atoms with van der Waals surface area (Å²) in [5.74, 6) is 0.898. The molecule has 2 rings (SSSR count). The monoisotopic (exact) mass is 190 g/mol. The Morgan fingerprint density at radius 1 is 1.79 bits per heavy atom. The van der Waals surface area contributed by atoms with Crippen molar-refractivity contribution in [1.82, 2.24) is 10.2 Å². The van der Waals surface area contributed by atoms with Crippen molar-refractivity contribution < 1.29 is 4.79 Å². The van der Waals surface area contributed by atoms with Gasteiger partial charge in [-0.05, 0) is 18.8 Å². The molecule has 1 aliphatic carbocycles. The molecule has 0 aromatic carbocycles. The predicted octanol–water partition coefficient (Wildman–Crippen LogP) is 1.02. The second-order valence-corrected chi connectivity index (χ2v) is 3.47. The maximum absolute atomic E-state index is 11.4. The number of aromatic nitrogens is 2. The van der Waals surface area contributed by atoms with Gasteiger partial charge in [0.15, 0.2) is 0 Å². The number of hydrogen-bond donors (Lipinski definition) is 2. The van der Waals surface area contributed by atoms with Crippen LogP contribution in [0, 0.1) is 17.2 Å². The van der Waals surface area contributed by atoms with Gasteiger partial charge in [0.1, 0.15) is 17.5 Å². The van der Waals surface area contributed by atoms with Crippen molar-refractivity contribution in [3.05, 3.63) is 11.8 Å². The van der Waals surface area contributed by atoms with Gasteiger partial charge in [-0.15, -0.1) is 0 Å². The topological polar surface area (TPSA) is 81.6 Å². The van der Waals surface area contributed by atoms with Gasteiger partial charge >= 0.3 is 0 Å². The lowest BCUT2D eigenvalue weighted by molar-refractivity contribution is -0.116. The zero-order chi connectivity index (χ0) is 9.97. The van der Waals surface area contributed by atoms with E-state index in [1.165, 1.54) is 6.20 Å². The fourth-order valence-corrected chi connectivity index (χ4v) is 1.24. The van der Waals surface area contributed by atoms with Crippen LogP contribution in [-0.2, 0) is 4.79 Å². The molecule has 0 unspecified atom stereocenters. The molecule has 1 aliphatic rings. The minimum absolute atomic E-state index is 0.0479. The van der Waals surface area contributed by atoms with E-state index in [9.17, 15) is 4.79 Å². The largest absolute Gasteiger partial charge is 0.310 e. The van der Waals surface area contributed by atoms with Crippen LogP contribution in [0.1, 0.15) is 24.8 Å². The van der Waals surface area contributed by atoms with Gasteiger partial charge in [0.05, 0.1) is 6.20 Å². The minimum atomic E-state index is -0.0479. The fraction of sp³-hybridized carbons (Fsp3) is 0.444. The van der Waals surface area contributed by atoms with Gasteiger partial charge in [-0.25, -0.2) is 0 Å². The Balaban J connectivity index is 1.95. The molecule has 0 radical (unpaired) electrons. The van der Waals surface area contributed by atoms with Crippen LogP contribution < -0.4 is 5.32 Å². The van der Waals surface area contributed by atoms with E-state index in [-0.39, 0.29) is 5.91 Å². The number of nitrogens with one attached hydrogen (secondary N) is 2. The first-order chi connectivity index (χ1) is 6.79. The lowest BCUT2D eigenvalue weighted by Gasteiger charge is -2.00. The first kappa shape index (κ1) is 8.75. The van der Waals surface area contributed by atoms with Crippen molar-refractivity contribution >= 4 is 11.7 Å². The van der Waals surface area contributed by atoms with Crippen LogP contribution >= 0.6 is 0 Å². The highest BCUT2D eigenvalue weighted by molar-refractivity contribution is 5.91. The summed E-state index contributed by atoms with van der Waals surface area (Å²) < 4.78 is 0.